The Hall–Kier alpha value is -1.41. The number of nitrogens with one attached hydrogen (secondary N) is 1. The van der Waals surface area contributed by atoms with Gasteiger partial charge in [0.25, 0.3) is 10.0 Å². The molecule has 0 amide bonds. The Kier molecular flexibility index (Phi) is 3.40. The van der Waals surface area contributed by atoms with Crippen LogP contribution < -0.4 is 0 Å². The number of hydrogen-bond donors (Lipinski definition) is 2. The molecule has 1 aromatic rings. The molecule has 0 spiro atoms. The topological polar surface area (TPSA) is 103 Å². The Morgan fingerprint density at radius 2 is 2.26 bits per heavy atom. The van der Waals surface area contributed by atoms with Crippen molar-refractivity contribution in [1.82, 2.24) is 14.5 Å². The highest BCUT2D eigenvalue weighted by Gasteiger charge is 2.47. The number of carbonyl (C=O) groups is 1. The largest absolute Gasteiger partial charge is 0.480 e. The van der Waals surface area contributed by atoms with Gasteiger partial charge in [0.2, 0.25) is 0 Å². The van der Waals surface area contributed by atoms with E-state index in [1.165, 1.54) is 12.3 Å². The first-order valence-corrected chi connectivity index (χ1v) is 7.45. The zero-order valence-corrected chi connectivity index (χ0v) is 11.6. The van der Waals surface area contributed by atoms with E-state index in [-0.39, 0.29) is 11.6 Å². The molecule has 1 fully saturated rings. The van der Waals surface area contributed by atoms with Gasteiger partial charge in [0.15, 0.2) is 5.03 Å². The van der Waals surface area contributed by atoms with Crippen LogP contribution in [0.4, 0.5) is 0 Å². The third kappa shape index (κ3) is 2.37. The first-order chi connectivity index (χ1) is 8.77. The monoisotopic (exact) mass is 287 g/mol. The van der Waals surface area contributed by atoms with Crippen molar-refractivity contribution in [3.8, 4) is 0 Å². The quantitative estimate of drug-likeness (QED) is 0.850. The van der Waals surface area contributed by atoms with Crippen LogP contribution in [0, 0.1) is 5.41 Å². The van der Waals surface area contributed by atoms with Crippen LogP contribution in [-0.4, -0.2) is 46.6 Å². The van der Waals surface area contributed by atoms with Gasteiger partial charge in [0.05, 0.1) is 6.20 Å². The van der Waals surface area contributed by atoms with Crippen LogP contribution in [0.5, 0.6) is 0 Å². The van der Waals surface area contributed by atoms with Crippen LogP contribution in [-0.2, 0) is 14.8 Å². The zero-order valence-electron chi connectivity index (χ0n) is 10.8. The van der Waals surface area contributed by atoms with E-state index >= 15 is 0 Å². The lowest BCUT2D eigenvalue weighted by atomic mass is 9.77. The second-order valence-electron chi connectivity index (χ2n) is 5.37. The van der Waals surface area contributed by atoms with Crippen LogP contribution in [0.1, 0.15) is 26.7 Å². The molecule has 0 aliphatic carbocycles. The predicted molar refractivity (Wildman–Crippen MR) is 66.9 cm³/mol. The van der Waals surface area contributed by atoms with E-state index in [0.717, 1.165) is 4.31 Å². The second-order valence-corrected chi connectivity index (χ2v) is 7.23. The average Bonchev–Trinajstić information content (AvgIpc) is 2.80. The van der Waals surface area contributed by atoms with Crippen molar-refractivity contribution >= 4 is 16.0 Å². The summed E-state index contributed by atoms with van der Waals surface area (Å²) >= 11 is 0. The molecule has 7 nitrogen and oxygen atoms in total. The summed E-state index contributed by atoms with van der Waals surface area (Å²) in [6.45, 7) is 3.77. The summed E-state index contributed by atoms with van der Waals surface area (Å²) in [6, 6.07) is 0.269. The molecule has 1 saturated heterocycles. The van der Waals surface area contributed by atoms with E-state index in [1.54, 1.807) is 13.8 Å². The first kappa shape index (κ1) is 14.0. The van der Waals surface area contributed by atoms with E-state index in [2.05, 4.69) is 10.2 Å². The molecule has 19 heavy (non-hydrogen) atoms. The number of H-pyrrole nitrogens is 1. The molecule has 0 radical (unpaired) electrons. The minimum Gasteiger partial charge on any atom is -0.480 e. The third-order valence-electron chi connectivity index (χ3n) is 3.52. The fraction of sp³-hybridized carbons (Fsp3) is 0.636. The Morgan fingerprint density at radius 1 is 1.58 bits per heavy atom. The van der Waals surface area contributed by atoms with Gasteiger partial charge < -0.3 is 5.11 Å². The standard InChI is InChI=1S/C11H17N3O4S/c1-11(2)5-3-7-14(9(11)10(15)16)19(17,18)8-4-6-12-13-8/h4,6,9H,3,5,7H2,1-2H3,(H,12,13)(H,15,16). The summed E-state index contributed by atoms with van der Waals surface area (Å²) in [7, 11) is -3.85. The second kappa shape index (κ2) is 4.61. The van der Waals surface area contributed by atoms with Gasteiger partial charge in [-0.1, -0.05) is 13.8 Å². The van der Waals surface area contributed by atoms with E-state index in [0.29, 0.717) is 12.8 Å². The molecule has 8 heteroatoms. The summed E-state index contributed by atoms with van der Waals surface area (Å²) in [4.78, 5) is 11.5. The molecular formula is C11H17N3O4S. The molecule has 2 heterocycles. The van der Waals surface area contributed by atoms with Crippen LogP contribution in [0.2, 0.25) is 0 Å². The predicted octanol–water partition coefficient (Wildman–Crippen LogP) is 0.674. The normalized spacial score (nSPS) is 24.2. The number of hydrogen-bond acceptors (Lipinski definition) is 4. The number of piperidine rings is 1. The van der Waals surface area contributed by atoms with E-state index < -0.39 is 27.4 Å². The molecule has 0 saturated carbocycles. The summed E-state index contributed by atoms with van der Waals surface area (Å²) in [6.07, 6.45) is 2.65. The van der Waals surface area contributed by atoms with E-state index in [4.69, 9.17) is 0 Å². The SMILES string of the molecule is CC1(C)CCCN(S(=O)(=O)c2ccn[nH]2)C1C(=O)O. The summed E-state index contributed by atoms with van der Waals surface area (Å²) in [5.41, 5.74) is -0.600. The van der Waals surface area contributed by atoms with Crippen molar-refractivity contribution in [2.45, 2.75) is 37.8 Å². The van der Waals surface area contributed by atoms with Crippen molar-refractivity contribution in [3.05, 3.63) is 12.3 Å². The minimum atomic E-state index is -3.85. The molecule has 1 atom stereocenters. The maximum absolute atomic E-state index is 12.4. The number of sulfonamides is 1. The molecule has 1 aliphatic rings. The Labute approximate surface area is 111 Å². The fourth-order valence-electron chi connectivity index (χ4n) is 2.58. The third-order valence-corrected chi connectivity index (χ3v) is 5.32. The smallest absolute Gasteiger partial charge is 0.322 e. The van der Waals surface area contributed by atoms with Gasteiger partial charge in [-0.15, -0.1) is 0 Å². The van der Waals surface area contributed by atoms with Crippen LogP contribution in [0.15, 0.2) is 17.3 Å². The van der Waals surface area contributed by atoms with Gasteiger partial charge in [-0.25, -0.2) is 8.42 Å². The van der Waals surface area contributed by atoms with Gasteiger partial charge in [-0.2, -0.15) is 9.40 Å². The lowest BCUT2D eigenvalue weighted by Gasteiger charge is -2.42. The molecule has 1 aliphatic heterocycles. The van der Waals surface area contributed by atoms with Gasteiger partial charge in [-0.05, 0) is 24.3 Å². The Balaban J connectivity index is 2.45. The first-order valence-electron chi connectivity index (χ1n) is 6.01. The maximum Gasteiger partial charge on any atom is 0.322 e. The molecule has 106 valence electrons. The number of aliphatic carboxylic acids is 1. The molecule has 1 aromatic heterocycles. The van der Waals surface area contributed by atoms with Crippen molar-refractivity contribution in [3.63, 3.8) is 0 Å². The highest BCUT2D eigenvalue weighted by molar-refractivity contribution is 7.89. The highest BCUT2D eigenvalue weighted by atomic mass is 32.2. The summed E-state index contributed by atoms with van der Waals surface area (Å²) < 4.78 is 25.9. The van der Waals surface area contributed by atoms with Gasteiger partial charge in [-0.3, -0.25) is 9.89 Å². The molecule has 1 unspecified atom stereocenters. The van der Waals surface area contributed by atoms with Crippen LogP contribution in [0.25, 0.3) is 0 Å². The molecule has 2 rings (SSSR count). The Morgan fingerprint density at radius 3 is 2.79 bits per heavy atom. The summed E-state index contributed by atoms with van der Waals surface area (Å²) in [5.74, 6) is -1.12. The Bertz CT molecular complexity index is 565. The number of carboxylic acids is 1. The highest BCUT2D eigenvalue weighted by Crippen LogP contribution is 2.37. The molecule has 0 aromatic carbocycles. The maximum atomic E-state index is 12.4. The fourth-order valence-corrected chi connectivity index (χ4v) is 4.25. The van der Waals surface area contributed by atoms with Crippen molar-refractivity contribution in [2.24, 2.45) is 5.41 Å². The molecule has 2 N–H and O–H groups in total. The minimum absolute atomic E-state index is 0.0727. The van der Waals surface area contributed by atoms with Gasteiger partial charge >= 0.3 is 5.97 Å². The number of rotatable bonds is 3. The summed E-state index contributed by atoms with van der Waals surface area (Å²) in [5, 5.41) is 15.3. The number of nitrogens with zero attached hydrogens (tertiary/aromatic N) is 2. The van der Waals surface area contributed by atoms with E-state index in [1.807, 2.05) is 0 Å². The van der Waals surface area contributed by atoms with Gasteiger partial charge in [0, 0.05) is 6.54 Å². The lowest BCUT2D eigenvalue weighted by Crippen LogP contribution is -2.56. The van der Waals surface area contributed by atoms with Crippen LogP contribution >= 0.6 is 0 Å². The molecule has 0 bridgehead atoms. The number of aromatic amines is 1. The van der Waals surface area contributed by atoms with Crippen molar-refractivity contribution < 1.29 is 18.3 Å². The molecular weight excluding hydrogens is 270 g/mol. The number of aromatic nitrogens is 2. The number of carboxylic acid groups (broad SMARTS) is 1. The van der Waals surface area contributed by atoms with Crippen molar-refractivity contribution in [2.75, 3.05) is 6.54 Å². The zero-order chi connectivity index (χ0) is 14.3. The van der Waals surface area contributed by atoms with Crippen LogP contribution in [0.3, 0.4) is 0 Å². The van der Waals surface area contributed by atoms with E-state index in [9.17, 15) is 18.3 Å². The van der Waals surface area contributed by atoms with Crippen molar-refractivity contribution in [1.29, 1.82) is 0 Å². The average molecular weight is 287 g/mol. The lowest BCUT2D eigenvalue weighted by molar-refractivity contribution is -0.147. The van der Waals surface area contributed by atoms with Gasteiger partial charge in [0.1, 0.15) is 6.04 Å².